The molecule has 0 unspecified atom stereocenters. The van der Waals surface area contributed by atoms with E-state index < -0.39 is 0 Å². The molecule has 1 aromatic heterocycles. The molecular formula is C20H12BrClN2OS. The van der Waals surface area contributed by atoms with E-state index >= 15 is 0 Å². The van der Waals surface area contributed by atoms with Crippen LogP contribution in [-0.2, 0) is 0 Å². The fourth-order valence-electron chi connectivity index (χ4n) is 2.70. The molecule has 128 valence electrons. The first-order valence-corrected chi connectivity index (χ1v) is 9.86. The van der Waals surface area contributed by atoms with Crippen LogP contribution in [0, 0.1) is 0 Å². The number of nitrogens with zero attached hydrogens (tertiary/aromatic N) is 1. The Hall–Kier alpha value is -2.21. The number of anilines is 1. The van der Waals surface area contributed by atoms with Crippen molar-refractivity contribution in [3.05, 3.63) is 81.1 Å². The van der Waals surface area contributed by atoms with Gasteiger partial charge < -0.3 is 0 Å². The first-order chi connectivity index (χ1) is 12.6. The second-order valence-electron chi connectivity index (χ2n) is 5.67. The van der Waals surface area contributed by atoms with E-state index in [1.807, 2.05) is 66.0 Å². The lowest BCUT2D eigenvalue weighted by Gasteiger charge is -2.06. The second-order valence-corrected chi connectivity index (χ2v) is 7.88. The van der Waals surface area contributed by atoms with Crippen LogP contribution < -0.4 is 5.32 Å². The average molecular weight is 444 g/mol. The summed E-state index contributed by atoms with van der Waals surface area (Å²) in [6.07, 6.45) is 0. The van der Waals surface area contributed by atoms with E-state index in [0.717, 1.165) is 26.5 Å². The van der Waals surface area contributed by atoms with Gasteiger partial charge in [-0.15, -0.1) is 11.3 Å². The summed E-state index contributed by atoms with van der Waals surface area (Å²) < 4.78 is 0.982. The molecule has 0 aliphatic rings. The number of hydrogen-bond donors (Lipinski definition) is 1. The summed E-state index contributed by atoms with van der Waals surface area (Å²) in [7, 11) is 0. The Morgan fingerprint density at radius 2 is 1.88 bits per heavy atom. The van der Waals surface area contributed by atoms with E-state index in [9.17, 15) is 4.79 Å². The van der Waals surface area contributed by atoms with Crippen LogP contribution in [-0.4, -0.2) is 10.9 Å². The van der Waals surface area contributed by atoms with Gasteiger partial charge in [-0.3, -0.25) is 10.1 Å². The minimum Gasteiger partial charge on any atom is -0.298 e. The molecule has 4 rings (SSSR count). The van der Waals surface area contributed by atoms with Crippen LogP contribution in [0.4, 0.5) is 5.13 Å². The lowest BCUT2D eigenvalue weighted by Crippen LogP contribution is -2.12. The van der Waals surface area contributed by atoms with Gasteiger partial charge in [0, 0.05) is 26.0 Å². The van der Waals surface area contributed by atoms with Crippen LogP contribution in [0.5, 0.6) is 0 Å². The molecule has 0 saturated heterocycles. The Morgan fingerprint density at radius 1 is 1.08 bits per heavy atom. The minimum atomic E-state index is -0.171. The molecule has 0 saturated carbocycles. The Balaban J connectivity index is 1.60. The van der Waals surface area contributed by atoms with Gasteiger partial charge in [-0.05, 0) is 41.1 Å². The third-order valence-electron chi connectivity index (χ3n) is 3.95. The zero-order chi connectivity index (χ0) is 18.1. The zero-order valence-electron chi connectivity index (χ0n) is 13.4. The standard InChI is InChI=1S/C20H12BrClN2OS/c21-14-6-9-16-13(10-14)2-1-3-17(16)19(25)24-20-23-18(11-26-20)12-4-7-15(22)8-5-12/h1-11H,(H,23,24,25). The molecule has 4 aromatic rings. The van der Waals surface area contributed by atoms with E-state index in [2.05, 4.69) is 26.2 Å². The first-order valence-electron chi connectivity index (χ1n) is 7.81. The van der Waals surface area contributed by atoms with Crippen molar-refractivity contribution in [2.24, 2.45) is 0 Å². The van der Waals surface area contributed by atoms with E-state index in [-0.39, 0.29) is 5.91 Å². The number of benzene rings is 3. The first kappa shape index (κ1) is 17.2. The van der Waals surface area contributed by atoms with Gasteiger partial charge in [0.1, 0.15) is 0 Å². The van der Waals surface area contributed by atoms with Gasteiger partial charge in [0.05, 0.1) is 5.69 Å². The molecule has 1 heterocycles. The SMILES string of the molecule is O=C(Nc1nc(-c2ccc(Cl)cc2)cs1)c1cccc2cc(Br)ccc12. The quantitative estimate of drug-likeness (QED) is 0.386. The monoisotopic (exact) mass is 442 g/mol. The molecular weight excluding hydrogens is 432 g/mol. The lowest BCUT2D eigenvalue weighted by molar-refractivity contribution is 0.102. The van der Waals surface area contributed by atoms with Crippen LogP contribution in [0.2, 0.25) is 5.02 Å². The average Bonchev–Trinajstić information content (AvgIpc) is 3.10. The van der Waals surface area contributed by atoms with Crippen molar-refractivity contribution in [2.45, 2.75) is 0 Å². The van der Waals surface area contributed by atoms with Gasteiger partial charge in [0.25, 0.3) is 5.91 Å². The van der Waals surface area contributed by atoms with Crippen LogP contribution in [0.1, 0.15) is 10.4 Å². The van der Waals surface area contributed by atoms with Crippen molar-refractivity contribution in [1.29, 1.82) is 0 Å². The second kappa shape index (κ2) is 7.19. The number of hydrogen-bond acceptors (Lipinski definition) is 3. The minimum absolute atomic E-state index is 0.171. The summed E-state index contributed by atoms with van der Waals surface area (Å²) in [5, 5.41) is 7.97. The highest BCUT2D eigenvalue weighted by molar-refractivity contribution is 9.10. The largest absolute Gasteiger partial charge is 0.298 e. The highest BCUT2D eigenvalue weighted by Gasteiger charge is 2.13. The highest BCUT2D eigenvalue weighted by atomic mass is 79.9. The number of nitrogens with one attached hydrogen (secondary N) is 1. The van der Waals surface area contributed by atoms with E-state index in [0.29, 0.717) is 15.7 Å². The van der Waals surface area contributed by atoms with E-state index in [1.54, 1.807) is 0 Å². The molecule has 0 aliphatic carbocycles. The van der Waals surface area contributed by atoms with E-state index in [4.69, 9.17) is 11.6 Å². The predicted octanol–water partition coefficient (Wildman–Crippen LogP) is 6.63. The third-order valence-corrected chi connectivity index (χ3v) is 5.45. The van der Waals surface area contributed by atoms with Crippen LogP contribution >= 0.6 is 38.9 Å². The van der Waals surface area contributed by atoms with Gasteiger partial charge in [0.15, 0.2) is 5.13 Å². The molecule has 0 atom stereocenters. The number of aromatic nitrogens is 1. The number of fused-ring (bicyclic) bond motifs is 1. The summed E-state index contributed by atoms with van der Waals surface area (Å²) in [6, 6.07) is 19.0. The van der Waals surface area contributed by atoms with Gasteiger partial charge >= 0.3 is 0 Å². The Bertz CT molecular complexity index is 1110. The molecule has 26 heavy (non-hydrogen) atoms. The number of carbonyl (C=O) groups is 1. The van der Waals surface area contributed by atoms with Crippen molar-refractivity contribution < 1.29 is 4.79 Å². The maximum atomic E-state index is 12.7. The van der Waals surface area contributed by atoms with E-state index in [1.165, 1.54) is 11.3 Å². The molecule has 0 bridgehead atoms. The van der Waals surface area contributed by atoms with Crippen molar-refractivity contribution >= 4 is 60.7 Å². The number of halogens is 2. The smallest absolute Gasteiger partial charge is 0.258 e. The summed E-state index contributed by atoms with van der Waals surface area (Å²) in [5.74, 6) is -0.171. The fraction of sp³-hybridized carbons (Fsp3) is 0. The lowest BCUT2D eigenvalue weighted by atomic mass is 10.0. The topological polar surface area (TPSA) is 42.0 Å². The summed E-state index contributed by atoms with van der Waals surface area (Å²) >= 11 is 10.8. The summed E-state index contributed by atoms with van der Waals surface area (Å²) in [5.41, 5.74) is 2.39. The van der Waals surface area contributed by atoms with Gasteiger partial charge in [0.2, 0.25) is 0 Å². The normalized spacial score (nSPS) is 10.8. The van der Waals surface area contributed by atoms with Gasteiger partial charge in [-0.1, -0.05) is 57.9 Å². The fourth-order valence-corrected chi connectivity index (χ4v) is 3.92. The van der Waals surface area contributed by atoms with Crippen molar-refractivity contribution in [3.8, 4) is 11.3 Å². The molecule has 6 heteroatoms. The Labute approximate surface area is 167 Å². The number of carbonyl (C=O) groups excluding carboxylic acids is 1. The van der Waals surface area contributed by atoms with Crippen molar-refractivity contribution in [1.82, 2.24) is 4.98 Å². The van der Waals surface area contributed by atoms with Gasteiger partial charge in [-0.25, -0.2) is 4.98 Å². The maximum absolute atomic E-state index is 12.7. The third kappa shape index (κ3) is 3.51. The number of thiazole rings is 1. The number of rotatable bonds is 3. The molecule has 1 N–H and O–H groups in total. The molecule has 0 fully saturated rings. The summed E-state index contributed by atoms with van der Waals surface area (Å²) in [6.45, 7) is 0. The van der Waals surface area contributed by atoms with Gasteiger partial charge in [-0.2, -0.15) is 0 Å². The highest BCUT2D eigenvalue weighted by Crippen LogP contribution is 2.27. The molecule has 0 radical (unpaired) electrons. The van der Waals surface area contributed by atoms with Crippen LogP contribution in [0.25, 0.3) is 22.0 Å². The molecule has 3 aromatic carbocycles. The maximum Gasteiger partial charge on any atom is 0.258 e. The Morgan fingerprint density at radius 3 is 2.69 bits per heavy atom. The Kier molecular flexibility index (Phi) is 4.76. The van der Waals surface area contributed by atoms with Crippen LogP contribution in [0.15, 0.2) is 70.5 Å². The van der Waals surface area contributed by atoms with Crippen molar-refractivity contribution in [3.63, 3.8) is 0 Å². The zero-order valence-corrected chi connectivity index (χ0v) is 16.5. The molecule has 0 spiro atoms. The number of amides is 1. The summed E-state index contributed by atoms with van der Waals surface area (Å²) in [4.78, 5) is 17.2. The molecule has 3 nitrogen and oxygen atoms in total. The molecule has 0 aliphatic heterocycles. The van der Waals surface area contributed by atoms with Crippen molar-refractivity contribution in [2.75, 3.05) is 5.32 Å². The molecule has 1 amide bonds. The predicted molar refractivity (Wildman–Crippen MR) is 112 cm³/mol. The van der Waals surface area contributed by atoms with Crippen LogP contribution in [0.3, 0.4) is 0 Å².